The predicted molar refractivity (Wildman–Crippen MR) is 52.1 cm³/mol. The first-order valence-electron chi connectivity index (χ1n) is 5.86. The molecule has 0 aromatic heterocycles. The largest absolute Gasteiger partial charge is 0.393 e. The standard InChI is InChI=1S/C12H20O/c1-6-8-3-9-5-10(6)12(13)11(4-8)7(9)2/h6-13H,3-5H2,1-2H3. The Labute approximate surface area is 80.5 Å². The Morgan fingerprint density at radius 3 is 1.77 bits per heavy atom. The monoisotopic (exact) mass is 180 g/mol. The normalized spacial score (nSPS) is 64.4. The first-order valence-corrected chi connectivity index (χ1v) is 5.86. The molecule has 4 aliphatic rings. The van der Waals surface area contributed by atoms with Gasteiger partial charge in [0.05, 0.1) is 6.10 Å². The highest BCUT2D eigenvalue weighted by Gasteiger charge is 2.54. The average molecular weight is 180 g/mol. The summed E-state index contributed by atoms with van der Waals surface area (Å²) in [4.78, 5) is 0. The van der Waals surface area contributed by atoms with Crippen LogP contribution in [0.3, 0.4) is 0 Å². The molecule has 13 heavy (non-hydrogen) atoms. The van der Waals surface area contributed by atoms with Crippen LogP contribution in [0.1, 0.15) is 33.1 Å². The van der Waals surface area contributed by atoms with Crippen molar-refractivity contribution in [3.63, 3.8) is 0 Å². The topological polar surface area (TPSA) is 20.2 Å². The fourth-order valence-electron chi connectivity index (χ4n) is 4.49. The van der Waals surface area contributed by atoms with E-state index in [0.29, 0.717) is 11.8 Å². The van der Waals surface area contributed by atoms with Gasteiger partial charge in [-0.15, -0.1) is 0 Å². The first-order chi connectivity index (χ1) is 6.18. The maximum Gasteiger partial charge on any atom is 0.0602 e. The molecule has 6 atom stereocenters. The molecule has 0 heterocycles. The summed E-state index contributed by atoms with van der Waals surface area (Å²) in [7, 11) is 0. The van der Waals surface area contributed by atoms with E-state index in [2.05, 4.69) is 13.8 Å². The quantitative estimate of drug-likeness (QED) is 0.606. The Morgan fingerprint density at radius 1 is 0.846 bits per heavy atom. The molecule has 4 rings (SSSR count). The summed E-state index contributed by atoms with van der Waals surface area (Å²) in [6.07, 6.45) is 4.13. The van der Waals surface area contributed by atoms with Crippen LogP contribution in [0.15, 0.2) is 0 Å². The third kappa shape index (κ3) is 0.918. The first kappa shape index (κ1) is 8.28. The second-order valence-electron chi connectivity index (χ2n) is 5.76. The molecule has 4 fully saturated rings. The highest BCUT2D eigenvalue weighted by atomic mass is 16.3. The van der Waals surface area contributed by atoms with Gasteiger partial charge in [0.2, 0.25) is 0 Å². The summed E-state index contributed by atoms with van der Waals surface area (Å²) in [5, 5.41) is 10.2. The SMILES string of the molecule is CC1C2CC3CC1C(O)C(C2)C3C. The van der Waals surface area contributed by atoms with Gasteiger partial charge >= 0.3 is 0 Å². The van der Waals surface area contributed by atoms with Crippen molar-refractivity contribution in [1.29, 1.82) is 0 Å². The molecular formula is C12H20O. The minimum absolute atomic E-state index is 0.0396. The minimum Gasteiger partial charge on any atom is -0.393 e. The Hall–Kier alpha value is -0.0400. The van der Waals surface area contributed by atoms with E-state index in [9.17, 15) is 5.11 Å². The molecule has 6 unspecified atom stereocenters. The molecule has 0 aromatic rings. The van der Waals surface area contributed by atoms with Crippen LogP contribution in [0.4, 0.5) is 0 Å². The van der Waals surface area contributed by atoms with Gasteiger partial charge in [0.1, 0.15) is 0 Å². The van der Waals surface area contributed by atoms with Crippen molar-refractivity contribution < 1.29 is 5.11 Å². The summed E-state index contributed by atoms with van der Waals surface area (Å²) in [6.45, 7) is 4.72. The minimum atomic E-state index is 0.0396. The van der Waals surface area contributed by atoms with Gasteiger partial charge < -0.3 is 5.11 Å². The molecule has 1 heteroatoms. The molecule has 4 bridgehead atoms. The van der Waals surface area contributed by atoms with Crippen LogP contribution in [0, 0.1) is 35.5 Å². The van der Waals surface area contributed by atoms with Gasteiger partial charge in [-0.1, -0.05) is 13.8 Å². The zero-order chi connectivity index (χ0) is 9.16. The molecule has 0 saturated heterocycles. The second-order valence-corrected chi connectivity index (χ2v) is 5.76. The molecule has 0 aromatic carbocycles. The summed E-state index contributed by atoms with van der Waals surface area (Å²) in [5.41, 5.74) is 0. The van der Waals surface area contributed by atoms with Crippen molar-refractivity contribution in [3.05, 3.63) is 0 Å². The van der Waals surface area contributed by atoms with Gasteiger partial charge in [0, 0.05) is 0 Å². The Kier molecular flexibility index (Phi) is 1.59. The number of hydrogen-bond donors (Lipinski definition) is 1. The van der Waals surface area contributed by atoms with E-state index >= 15 is 0 Å². The Bertz CT molecular complexity index is 203. The molecule has 0 amide bonds. The molecular weight excluding hydrogens is 160 g/mol. The van der Waals surface area contributed by atoms with Crippen molar-refractivity contribution >= 4 is 0 Å². The van der Waals surface area contributed by atoms with Crippen molar-refractivity contribution in [2.45, 2.75) is 39.2 Å². The van der Waals surface area contributed by atoms with E-state index in [4.69, 9.17) is 0 Å². The van der Waals surface area contributed by atoms with E-state index in [1.54, 1.807) is 0 Å². The third-order valence-corrected chi connectivity index (χ3v) is 5.47. The van der Waals surface area contributed by atoms with Crippen molar-refractivity contribution in [2.75, 3.05) is 0 Å². The lowest BCUT2D eigenvalue weighted by Crippen LogP contribution is -2.56. The van der Waals surface area contributed by atoms with E-state index < -0.39 is 0 Å². The number of aliphatic hydroxyl groups excluding tert-OH is 1. The maximum atomic E-state index is 10.2. The summed E-state index contributed by atoms with van der Waals surface area (Å²) >= 11 is 0. The van der Waals surface area contributed by atoms with Gasteiger partial charge in [-0.2, -0.15) is 0 Å². The molecule has 0 aliphatic heterocycles. The van der Waals surface area contributed by atoms with Gasteiger partial charge in [-0.25, -0.2) is 0 Å². The lowest BCUT2D eigenvalue weighted by Gasteiger charge is -2.59. The fourth-order valence-corrected chi connectivity index (χ4v) is 4.49. The van der Waals surface area contributed by atoms with Crippen LogP contribution >= 0.6 is 0 Å². The molecule has 1 nitrogen and oxygen atoms in total. The smallest absolute Gasteiger partial charge is 0.0602 e. The van der Waals surface area contributed by atoms with Crippen LogP contribution in [-0.4, -0.2) is 11.2 Å². The number of aliphatic hydroxyl groups is 1. The van der Waals surface area contributed by atoms with E-state index in [1.165, 1.54) is 19.3 Å². The number of hydrogen-bond acceptors (Lipinski definition) is 1. The van der Waals surface area contributed by atoms with Gasteiger partial charge in [0.25, 0.3) is 0 Å². The van der Waals surface area contributed by atoms with E-state index in [0.717, 1.165) is 23.7 Å². The highest BCUT2D eigenvalue weighted by molar-refractivity contribution is 5.03. The van der Waals surface area contributed by atoms with Gasteiger partial charge in [0.15, 0.2) is 0 Å². The number of rotatable bonds is 0. The van der Waals surface area contributed by atoms with Crippen LogP contribution in [0.25, 0.3) is 0 Å². The molecule has 4 saturated carbocycles. The van der Waals surface area contributed by atoms with E-state index in [1.807, 2.05) is 0 Å². The van der Waals surface area contributed by atoms with Crippen LogP contribution in [-0.2, 0) is 0 Å². The molecule has 0 spiro atoms. The zero-order valence-corrected chi connectivity index (χ0v) is 8.61. The predicted octanol–water partition coefficient (Wildman–Crippen LogP) is 2.30. The average Bonchev–Trinajstić information content (AvgIpc) is 2.10. The fraction of sp³-hybridized carbons (Fsp3) is 1.00. The van der Waals surface area contributed by atoms with E-state index in [-0.39, 0.29) is 6.10 Å². The molecule has 1 N–H and O–H groups in total. The van der Waals surface area contributed by atoms with Crippen molar-refractivity contribution in [2.24, 2.45) is 35.5 Å². The third-order valence-electron chi connectivity index (χ3n) is 5.47. The van der Waals surface area contributed by atoms with Crippen LogP contribution < -0.4 is 0 Å². The summed E-state index contributed by atoms with van der Waals surface area (Å²) in [5.74, 6) is 4.81. The second kappa shape index (κ2) is 2.50. The van der Waals surface area contributed by atoms with Crippen LogP contribution in [0.2, 0.25) is 0 Å². The maximum absolute atomic E-state index is 10.2. The van der Waals surface area contributed by atoms with Crippen molar-refractivity contribution in [3.8, 4) is 0 Å². The lowest BCUT2D eigenvalue weighted by atomic mass is 9.48. The van der Waals surface area contributed by atoms with Crippen molar-refractivity contribution in [1.82, 2.24) is 0 Å². The van der Waals surface area contributed by atoms with Gasteiger partial charge in [-0.3, -0.25) is 0 Å². The lowest BCUT2D eigenvalue weighted by molar-refractivity contribution is -0.152. The van der Waals surface area contributed by atoms with Crippen LogP contribution in [0.5, 0.6) is 0 Å². The Morgan fingerprint density at radius 2 is 1.31 bits per heavy atom. The Balaban J connectivity index is 1.95. The molecule has 0 radical (unpaired) electrons. The summed E-state index contributed by atoms with van der Waals surface area (Å²) in [6, 6.07) is 0. The zero-order valence-electron chi connectivity index (χ0n) is 8.61. The molecule has 74 valence electrons. The van der Waals surface area contributed by atoms with Gasteiger partial charge in [-0.05, 0) is 54.8 Å². The summed E-state index contributed by atoms with van der Waals surface area (Å²) < 4.78 is 0. The highest BCUT2D eigenvalue weighted by Crippen LogP contribution is 2.58. The molecule has 4 aliphatic carbocycles.